The van der Waals surface area contributed by atoms with Gasteiger partial charge in [0, 0.05) is 12.8 Å². The fraction of sp³-hybridized carbons (Fsp3) is 0.940. The fourth-order valence-electron chi connectivity index (χ4n) is 10.7. The van der Waals surface area contributed by atoms with Gasteiger partial charge in [-0.1, -0.05) is 328 Å². The molecule has 0 saturated heterocycles. The third kappa shape index (κ3) is 59.7. The molecule has 3 N–H and O–H groups in total. The molecule has 0 fully saturated rings. The number of amides is 1. The van der Waals surface area contributed by atoms with E-state index >= 15 is 0 Å². The first-order chi connectivity index (χ1) is 36.0. The number of esters is 1. The largest absolute Gasteiger partial charge is 0.466 e. The highest BCUT2D eigenvalue weighted by molar-refractivity contribution is 5.76. The second-order valence-corrected chi connectivity index (χ2v) is 23.2. The summed E-state index contributed by atoms with van der Waals surface area (Å²) in [6, 6.07) is -0.539. The molecule has 73 heavy (non-hydrogen) atoms. The second kappa shape index (κ2) is 63.1. The maximum absolute atomic E-state index is 12.5. The summed E-state index contributed by atoms with van der Waals surface area (Å²) >= 11 is 0. The van der Waals surface area contributed by atoms with Crippen molar-refractivity contribution in [1.29, 1.82) is 0 Å². The minimum atomic E-state index is -0.662. The number of carbonyl (C=O) groups is 2. The lowest BCUT2D eigenvalue weighted by molar-refractivity contribution is -0.143. The van der Waals surface area contributed by atoms with Gasteiger partial charge in [-0.05, 0) is 51.4 Å². The lowest BCUT2D eigenvalue weighted by Crippen LogP contribution is -2.45. The number of aliphatic hydroxyl groups is 2. The van der Waals surface area contributed by atoms with Crippen molar-refractivity contribution in [2.75, 3.05) is 13.2 Å². The molecule has 0 rings (SSSR count). The molecule has 2 unspecified atom stereocenters. The van der Waals surface area contributed by atoms with E-state index in [0.717, 1.165) is 38.5 Å². The SMILES string of the molecule is CCCCCCCCCCCCCCCCCC(O)C(CO)NC(=O)CCCCCCCCCCCCCCCC/C=C\CCCCCCCCCCCCCCOC(=O)CCCCCCCCCCCCC. The Kier molecular flexibility index (Phi) is 61.9. The third-order valence-electron chi connectivity index (χ3n) is 15.8. The first-order valence-corrected chi connectivity index (χ1v) is 33.4. The van der Waals surface area contributed by atoms with Crippen molar-refractivity contribution in [3.05, 3.63) is 12.2 Å². The van der Waals surface area contributed by atoms with Gasteiger partial charge in [-0.15, -0.1) is 0 Å². The average Bonchev–Trinajstić information content (AvgIpc) is 3.39. The molecule has 2 atom stereocenters. The summed E-state index contributed by atoms with van der Waals surface area (Å²) < 4.78 is 5.47. The normalized spacial score (nSPS) is 12.5. The summed E-state index contributed by atoms with van der Waals surface area (Å²) in [5.41, 5.74) is 0. The van der Waals surface area contributed by atoms with Crippen molar-refractivity contribution in [1.82, 2.24) is 5.32 Å². The van der Waals surface area contributed by atoms with Crippen LogP contribution in [0.4, 0.5) is 0 Å². The molecule has 6 heteroatoms. The standard InChI is InChI=1S/C67H131NO5/c1-3-5-7-9-11-13-15-16-33-36-40-43-47-51-55-59-65(70)64(63-69)68-66(71)60-56-52-48-44-41-37-34-31-29-27-25-23-21-19-17-18-20-22-24-26-28-30-32-35-38-42-46-50-54-58-62-73-67(72)61-57-53-49-45-39-14-12-10-8-6-4-2/h18,20,64-65,69-70H,3-17,19,21-63H2,1-2H3,(H,68,71)/b20-18-. The van der Waals surface area contributed by atoms with Gasteiger partial charge in [0.1, 0.15) is 0 Å². The highest BCUT2D eigenvalue weighted by atomic mass is 16.5. The van der Waals surface area contributed by atoms with Crippen LogP contribution in [-0.4, -0.2) is 47.4 Å². The van der Waals surface area contributed by atoms with Crippen LogP contribution in [0.1, 0.15) is 380 Å². The molecule has 0 spiro atoms. The second-order valence-electron chi connectivity index (χ2n) is 23.2. The topological polar surface area (TPSA) is 95.9 Å². The highest BCUT2D eigenvalue weighted by Gasteiger charge is 2.20. The number of rotatable bonds is 63. The number of hydrogen-bond donors (Lipinski definition) is 3. The first-order valence-electron chi connectivity index (χ1n) is 33.4. The molecule has 6 nitrogen and oxygen atoms in total. The monoisotopic (exact) mass is 1030 g/mol. The molecule has 0 aliphatic carbocycles. The van der Waals surface area contributed by atoms with Crippen LogP contribution in [-0.2, 0) is 14.3 Å². The fourth-order valence-corrected chi connectivity index (χ4v) is 10.7. The van der Waals surface area contributed by atoms with Crippen LogP contribution in [0.2, 0.25) is 0 Å². The molecule has 0 aliphatic heterocycles. The van der Waals surface area contributed by atoms with Crippen LogP contribution in [0.3, 0.4) is 0 Å². The van der Waals surface area contributed by atoms with Gasteiger partial charge in [0.15, 0.2) is 0 Å². The summed E-state index contributed by atoms with van der Waals surface area (Å²) in [5.74, 6) is -0.0130. The van der Waals surface area contributed by atoms with E-state index in [1.54, 1.807) is 0 Å². The van der Waals surface area contributed by atoms with E-state index in [1.165, 1.54) is 308 Å². The van der Waals surface area contributed by atoms with Crippen molar-refractivity contribution < 1.29 is 24.5 Å². The lowest BCUT2D eigenvalue weighted by Gasteiger charge is -2.22. The molecule has 0 aromatic heterocycles. The highest BCUT2D eigenvalue weighted by Crippen LogP contribution is 2.19. The Morgan fingerprint density at radius 1 is 0.370 bits per heavy atom. The van der Waals surface area contributed by atoms with Crippen molar-refractivity contribution in [2.45, 2.75) is 392 Å². The van der Waals surface area contributed by atoms with Crippen molar-refractivity contribution in [3.8, 4) is 0 Å². The Balaban J connectivity index is 3.35. The summed E-state index contributed by atoms with van der Waals surface area (Å²) in [5, 5.41) is 23.3. The summed E-state index contributed by atoms with van der Waals surface area (Å²) in [7, 11) is 0. The van der Waals surface area contributed by atoms with Crippen LogP contribution in [0, 0.1) is 0 Å². The molecule has 1 amide bonds. The van der Waals surface area contributed by atoms with Crippen molar-refractivity contribution in [2.24, 2.45) is 0 Å². The van der Waals surface area contributed by atoms with Gasteiger partial charge in [-0.2, -0.15) is 0 Å². The molecule has 0 saturated carbocycles. The Labute approximate surface area is 457 Å². The first kappa shape index (κ1) is 71.6. The van der Waals surface area contributed by atoms with Crippen LogP contribution in [0.5, 0.6) is 0 Å². The molecule has 0 heterocycles. The number of ether oxygens (including phenoxy) is 1. The van der Waals surface area contributed by atoms with Crippen LogP contribution < -0.4 is 5.32 Å². The van der Waals surface area contributed by atoms with E-state index in [9.17, 15) is 19.8 Å². The van der Waals surface area contributed by atoms with Gasteiger partial charge in [-0.25, -0.2) is 0 Å². The number of aliphatic hydroxyl groups excluding tert-OH is 2. The van der Waals surface area contributed by atoms with Crippen LogP contribution in [0.25, 0.3) is 0 Å². The maximum atomic E-state index is 12.5. The average molecular weight is 1030 g/mol. The van der Waals surface area contributed by atoms with Crippen molar-refractivity contribution >= 4 is 11.9 Å². The summed E-state index contributed by atoms with van der Waals surface area (Å²) in [4.78, 5) is 24.5. The smallest absolute Gasteiger partial charge is 0.305 e. The predicted octanol–water partition coefficient (Wildman–Crippen LogP) is 21.2. The summed E-state index contributed by atoms with van der Waals surface area (Å²) in [6.07, 6.45) is 76.8. The molecule has 0 aromatic rings. The molecular weight excluding hydrogens is 899 g/mol. The van der Waals surface area contributed by atoms with E-state index in [0.29, 0.717) is 25.9 Å². The predicted molar refractivity (Wildman–Crippen MR) is 320 cm³/mol. The Morgan fingerprint density at radius 3 is 0.973 bits per heavy atom. The van der Waals surface area contributed by atoms with Crippen LogP contribution >= 0.6 is 0 Å². The molecule has 0 radical (unpaired) electrons. The van der Waals surface area contributed by atoms with Gasteiger partial charge < -0.3 is 20.3 Å². The van der Waals surface area contributed by atoms with E-state index in [4.69, 9.17) is 4.74 Å². The van der Waals surface area contributed by atoms with E-state index < -0.39 is 12.1 Å². The summed E-state index contributed by atoms with van der Waals surface area (Å²) in [6.45, 7) is 4.98. The number of hydrogen-bond acceptors (Lipinski definition) is 5. The Hall–Kier alpha value is -1.40. The molecule has 0 aliphatic rings. The quantitative estimate of drug-likeness (QED) is 0.0320. The minimum absolute atomic E-state index is 0.0175. The number of nitrogens with one attached hydrogen (secondary N) is 1. The van der Waals surface area contributed by atoms with Gasteiger partial charge in [0.05, 0.1) is 25.4 Å². The zero-order chi connectivity index (χ0) is 52.9. The minimum Gasteiger partial charge on any atom is -0.466 e. The van der Waals surface area contributed by atoms with Gasteiger partial charge in [0.2, 0.25) is 5.91 Å². The van der Waals surface area contributed by atoms with Crippen LogP contribution in [0.15, 0.2) is 12.2 Å². The van der Waals surface area contributed by atoms with E-state index in [1.807, 2.05) is 0 Å². The molecule has 434 valence electrons. The number of carbonyl (C=O) groups excluding carboxylic acids is 2. The van der Waals surface area contributed by atoms with Gasteiger partial charge in [0.25, 0.3) is 0 Å². The van der Waals surface area contributed by atoms with Gasteiger partial charge in [-0.3, -0.25) is 9.59 Å². The zero-order valence-electron chi connectivity index (χ0n) is 49.6. The Bertz CT molecular complexity index is 1100. The van der Waals surface area contributed by atoms with Gasteiger partial charge >= 0.3 is 5.97 Å². The number of unbranched alkanes of at least 4 members (excludes halogenated alkanes) is 50. The lowest BCUT2D eigenvalue weighted by atomic mass is 10.0. The molecule has 0 aromatic carbocycles. The van der Waals surface area contributed by atoms with E-state index in [-0.39, 0.29) is 18.5 Å². The maximum Gasteiger partial charge on any atom is 0.305 e. The number of allylic oxidation sites excluding steroid dienone is 2. The Morgan fingerprint density at radius 2 is 0.644 bits per heavy atom. The zero-order valence-corrected chi connectivity index (χ0v) is 49.6. The molecular formula is C67H131NO5. The van der Waals surface area contributed by atoms with E-state index in [2.05, 4.69) is 31.3 Å². The molecule has 0 bridgehead atoms. The van der Waals surface area contributed by atoms with Crippen molar-refractivity contribution in [3.63, 3.8) is 0 Å². The third-order valence-corrected chi connectivity index (χ3v) is 15.8.